The fourth-order valence-corrected chi connectivity index (χ4v) is 5.62. The fourth-order valence-electron chi connectivity index (χ4n) is 4.71. The van der Waals surface area contributed by atoms with Crippen molar-refractivity contribution in [1.29, 1.82) is 0 Å². The van der Waals surface area contributed by atoms with E-state index in [1.807, 2.05) is 65.6 Å². The SMILES string of the molecule is O=C(CC1CCN(C(=O)C(c2ccccc2)c2ccccc2)CC1)Nc1nc2ccc(O)cc2s1. The molecule has 5 rings (SSSR count). The van der Waals surface area contributed by atoms with E-state index in [1.165, 1.54) is 11.3 Å². The number of benzene rings is 3. The van der Waals surface area contributed by atoms with Crippen LogP contribution in [0.4, 0.5) is 5.13 Å². The molecule has 0 aliphatic carbocycles. The summed E-state index contributed by atoms with van der Waals surface area (Å²) in [5, 5.41) is 13.1. The van der Waals surface area contributed by atoms with Crippen LogP contribution in [0.25, 0.3) is 10.2 Å². The van der Waals surface area contributed by atoms with Crippen molar-refractivity contribution in [2.24, 2.45) is 5.92 Å². The lowest BCUT2D eigenvalue weighted by Gasteiger charge is -2.34. The average molecular weight is 486 g/mol. The minimum atomic E-state index is -0.323. The van der Waals surface area contributed by atoms with Crippen LogP contribution in [-0.4, -0.2) is 39.9 Å². The van der Waals surface area contributed by atoms with E-state index in [1.54, 1.807) is 18.2 Å². The lowest BCUT2D eigenvalue weighted by molar-refractivity contribution is -0.133. The highest BCUT2D eigenvalue weighted by atomic mass is 32.1. The summed E-state index contributed by atoms with van der Waals surface area (Å²) in [5.74, 6) is 0.134. The first-order valence-corrected chi connectivity index (χ1v) is 12.7. The Morgan fingerprint density at radius 3 is 2.23 bits per heavy atom. The van der Waals surface area contributed by atoms with E-state index in [9.17, 15) is 14.7 Å². The molecule has 0 unspecified atom stereocenters. The summed E-state index contributed by atoms with van der Waals surface area (Å²) in [6.07, 6.45) is 2.00. The number of anilines is 1. The monoisotopic (exact) mass is 485 g/mol. The van der Waals surface area contributed by atoms with Crippen molar-refractivity contribution in [3.05, 3.63) is 90.0 Å². The molecule has 0 bridgehead atoms. The standard InChI is InChI=1S/C28H27N3O3S/c32-22-11-12-23-24(18-22)35-28(29-23)30-25(33)17-19-13-15-31(16-14-19)27(34)26(20-7-3-1-4-8-20)21-9-5-2-6-10-21/h1-12,18-19,26,32H,13-17H2,(H,29,30,33). The third-order valence-corrected chi connectivity index (χ3v) is 7.47. The van der Waals surface area contributed by atoms with Crippen molar-refractivity contribution >= 4 is 38.5 Å². The van der Waals surface area contributed by atoms with Crippen molar-refractivity contribution < 1.29 is 14.7 Å². The largest absolute Gasteiger partial charge is 0.508 e. The van der Waals surface area contributed by atoms with Gasteiger partial charge in [-0.25, -0.2) is 4.98 Å². The quantitative estimate of drug-likeness (QED) is 0.383. The van der Waals surface area contributed by atoms with Gasteiger partial charge in [0.1, 0.15) is 5.75 Å². The van der Waals surface area contributed by atoms with Gasteiger partial charge in [-0.05, 0) is 48.1 Å². The first-order valence-electron chi connectivity index (χ1n) is 11.8. The van der Waals surface area contributed by atoms with Crippen molar-refractivity contribution in [3.8, 4) is 5.75 Å². The molecule has 6 nitrogen and oxygen atoms in total. The summed E-state index contributed by atoms with van der Waals surface area (Å²) in [6.45, 7) is 1.29. The van der Waals surface area contributed by atoms with Gasteiger partial charge >= 0.3 is 0 Å². The number of hydrogen-bond acceptors (Lipinski definition) is 5. The van der Waals surface area contributed by atoms with Gasteiger partial charge in [-0.2, -0.15) is 0 Å². The molecule has 3 aromatic carbocycles. The molecule has 7 heteroatoms. The zero-order chi connectivity index (χ0) is 24.2. The van der Waals surface area contributed by atoms with Crippen molar-refractivity contribution in [1.82, 2.24) is 9.88 Å². The molecular weight excluding hydrogens is 458 g/mol. The summed E-state index contributed by atoms with van der Waals surface area (Å²) < 4.78 is 0.832. The molecular formula is C28H27N3O3S. The van der Waals surface area contributed by atoms with Crippen LogP contribution in [0.5, 0.6) is 5.75 Å². The molecule has 0 radical (unpaired) electrons. The molecule has 1 aromatic heterocycles. The number of rotatable bonds is 6. The van der Waals surface area contributed by atoms with Crippen LogP contribution in [0, 0.1) is 5.92 Å². The molecule has 178 valence electrons. The second kappa shape index (κ2) is 10.3. The number of thiazole rings is 1. The van der Waals surface area contributed by atoms with Crippen LogP contribution < -0.4 is 5.32 Å². The maximum atomic E-state index is 13.6. The number of carbonyl (C=O) groups is 2. The average Bonchev–Trinajstić information content (AvgIpc) is 3.27. The first kappa shape index (κ1) is 23.1. The van der Waals surface area contributed by atoms with E-state index in [-0.39, 0.29) is 29.4 Å². The molecule has 1 saturated heterocycles. The Balaban J connectivity index is 1.19. The summed E-state index contributed by atoms with van der Waals surface area (Å²) in [5.41, 5.74) is 2.74. The Labute approximate surface area is 208 Å². The minimum Gasteiger partial charge on any atom is -0.508 e. The topological polar surface area (TPSA) is 82.5 Å². The van der Waals surface area contributed by atoms with Gasteiger partial charge in [0.05, 0.1) is 16.1 Å². The maximum absolute atomic E-state index is 13.6. The number of amides is 2. The summed E-state index contributed by atoms with van der Waals surface area (Å²) in [6, 6.07) is 24.8. The van der Waals surface area contributed by atoms with E-state index in [0.29, 0.717) is 24.6 Å². The minimum absolute atomic E-state index is 0.0653. The zero-order valence-corrected chi connectivity index (χ0v) is 20.1. The van der Waals surface area contributed by atoms with E-state index in [2.05, 4.69) is 10.3 Å². The number of fused-ring (bicyclic) bond motifs is 1. The highest BCUT2D eigenvalue weighted by Gasteiger charge is 2.31. The number of aromatic nitrogens is 1. The number of phenolic OH excluding ortho intramolecular Hbond substituents is 1. The number of likely N-dealkylation sites (tertiary alicyclic amines) is 1. The number of phenols is 1. The van der Waals surface area contributed by atoms with Gasteiger partial charge in [0.25, 0.3) is 0 Å². The molecule has 1 aliphatic heterocycles. The van der Waals surface area contributed by atoms with Crippen LogP contribution in [0.2, 0.25) is 0 Å². The van der Waals surface area contributed by atoms with Crippen LogP contribution in [0.1, 0.15) is 36.3 Å². The van der Waals surface area contributed by atoms with E-state index in [0.717, 1.165) is 34.2 Å². The van der Waals surface area contributed by atoms with Crippen molar-refractivity contribution in [2.45, 2.75) is 25.2 Å². The number of carbonyl (C=O) groups excluding carboxylic acids is 2. The molecule has 1 aliphatic rings. The van der Waals surface area contributed by atoms with Gasteiger partial charge in [0.15, 0.2) is 5.13 Å². The Kier molecular flexibility index (Phi) is 6.77. The number of piperidine rings is 1. The Bertz CT molecular complexity index is 1280. The normalized spacial score (nSPS) is 14.4. The van der Waals surface area contributed by atoms with Crippen molar-refractivity contribution in [2.75, 3.05) is 18.4 Å². The number of nitrogens with one attached hydrogen (secondary N) is 1. The summed E-state index contributed by atoms with van der Waals surface area (Å²) in [7, 11) is 0. The zero-order valence-electron chi connectivity index (χ0n) is 19.3. The Hall–Kier alpha value is -3.71. The maximum Gasteiger partial charge on any atom is 0.234 e. The molecule has 0 spiro atoms. The van der Waals surface area contributed by atoms with Gasteiger partial charge in [-0.3, -0.25) is 9.59 Å². The van der Waals surface area contributed by atoms with Gasteiger partial charge in [-0.1, -0.05) is 72.0 Å². The van der Waals surface area contributed by atoms with Gasteiger partial charge in [0, 0.05) is 19.5 Å². The Morgan fingerprint density at radius 1 is 0.971 bits per heavy atom. The molecule has 2 amide bonds. The number of nitrogens with zero attached hydrogens (tertiary/aromatic N) is 2. The van der Waals surface area contributed by atoms with Gasteiger partial charge in [0.2, 0.25) is 11.8 Å². The molecule has 1 fully saturated rings. The second-order valence-corrected chi connectivity index (χ2v) is 9.98. The molecule has 2 heterocycles. The molecule has 0 saturated carbocycles. The van der Waals surface area contributed by atoms with E-state index >= 15 is 0 Å². The number of aromatic hydroxyl groups is 1. The van der Waals surface area contributed by atoms with E-state index < -0.39 is 0 Å². The van der Waals surface area contributed by atoms with Crippen LogP contribution >= 0.6 is 11.3 Å². The second-order valence-electron chi connectivity index (χ2n) is 8.95. The van der Waals surface area contributed by atoms with Gasteiger partial charge < -0.3 is 15.3 Å². The summed E-state index contributed by atoms with van der Waals surface area (Å²) >= 11 is 1.35. The van der Waals surface area contributed by atoms with Crippen LogP contribution in [-0.2, 0) is 9.59 Å². The van der Waals surface area contributed by atoms with Gasteiger partial charge in [-0.15, -0.1) is 0 Å². The van der Waals surface area contributed by atoms with Crippen molar-refractivity contribution in [3.63, 3.8) is 0 Å². The highest BCUT2D eigenvalue weighted by Crippen LogP contribution is 2.31. The number of hydrogen-bond donors (Lipinski definition) is 2. The van der Waals surface area contributed by atoms with Crippen LogP contribution in [0.15, 0.2) is 78.9 Å². The molecule has 4 aromatic rings. The third kappa shape index (κ3) is 5.35. The smallest absolute Gasteiger partial charge is 0.234 e. The molecule has 2 N–H and O–H groups in total. The first-order chi connectivity index (χ1) is 17.1. The molecule has 0 atom stereocenters. The lowest BCUT2D eigenvalue weighted by atomic mass is 9.88. The highest BCUT2D eigenvalue weighted by molar-refractivity contribution is 7.22. The Morgan fingerprint density at radius 2 is 1.60 bits per heavy atom. The molecule has 35 heavy (non-hydrogen) atoms. The van der Waals surface area contributed by atoms with Crippen LogP contribution in [0.3, 0.4) is 0 Å². The summed E-state index contributed by atoms with van der Waals surface area (Å²) in [4.78, 5) is 32.6. The third-order valence-electron chi connectivity index (χ3n) is 6.53. The van der Waals surface area contributed by atoms with E-state index in [4.69, 9.17) is 0 Å². The fraction of sp³-hybridized carbons (Fsp3) is 0.250. The lowest BCUT2D eigenvalue weighted by Crippen LogP contribution is -2.42. The predicted octanol–water partition coefficient (Wildman–Crippen LogP) is 5.40. The predicted molar refractivity (Wildman–Crippen MR) is 139 cm³/mol.